The number of rotatable bonds is 7. The first kappa shape index (κ1) is 20.2. The lowest BCUT2D eigenvalue weighted by molar-refractivity contribution is 0.0376. The highest BCUT2D eigenvalue weighted by Crippen LogP contribution is 2.11. The molecule has 2 N–H and O–H groups in total. The summed E-state index contributed by atoms with van der Waals surface area (Å²) >= 11 is 5.33. The molecule has 0 spiro atoms. The Bertz CT molecular complexity index is 594. The summed E-state index contributed by atoms with van der Waals surface area (Å²) in [5.41, 5.74) is 5.59. The van der Waals surface area contributed by atoms with Gasteiger partial charge in [-0.05, 0) is 30.7 Å². The number of hydrogen-bond donors (Lipinski definition) is 2. The summed E-state index contributed by atoms with van der Waals surface area (Å²) in [6.07, 6.45) is 3.08. The number of morpholine rings is 1. The lowest BCUT2D eigenvalue weighted by Gasteiger charge is -2.27. The fraction of sp³-hybridized carbons (Fsp3) is 0.600. The maximum atomic E-state index is 5.36. The molecule has 1 aromatic carbocycles. The summed E-state index contributed by atoms with van der Waals surface area (Å²) in [7, 11) is 0. The Morgan fingerprint density at radius 1 is 1.04 bits per heavy atom. The SMILES string of the molecule is S=C(NCCCN1CCOCC1)NN=C1CCN(Cc2ccccc2)CC1. The van der Waals surface area contributed by atoms with Gasteiger partial charge in [-0.1, -0.05) is 30.3 Å². The van der Waals surface area contributed by atoms with Crippen LogP contribution in [0, 0.1) is 0 Å². The maximum absolute atomic E-state index is 5.36. The molecule has 0 saturated carbocycles. The zero-order chi connectivity index (χ0) is 18.7. The van der Waals surface area contributed by atoms with Crippen LogP contribution in [0.15, 0.2) is 35.4 Å². The number of ether oxygens (including phenoxy) is 1. The first-order valence-corrected chi connectivity index (χ1v) is 10.4. The summed E-state index contributed by atoms with van der Waals surface area (Å²) < 4.78 is 5.36. The monoisotopic (exact) mass is 389 g/mol. The third-order valence-electron chi connectivity index (χ3n) is 5.04. The second-order valence-corrected chi connectivity index (χ2v) is 7.52. The van der Waals surface area contributed by atoms with Crippen molar-refractivity contribution in [2.45, 2.75) is 25.8 Å². The normalized spacial score (nSPS) is 18.9. The van der Waals surface area contributed by atoms with E-state index in [-0.39, 0.29) is 0 Å². The molecule has 2 fully saturated rings. The van der Waals surface area contributed by atoms with Crippen molar-refractivity contribution < 1.29 is 4.74 Å². The molecule has 0 bridgehead atoms. The van der Waals surface area contributed by atoms with E-state index < -0.39 is 0 Å². The van der Waals surface area contributed by atoms with Crippen LogP contribution in [0.3, 0.4) is 0 Å². The van der Waals surface area contributed by atoms with E-state index in [1.54, 1.807) is 0 Å². The molecule has 1 aromatic rings. The fourth-order valence-corrected chi connectivity index (χ4v) is 3.57. The van der Waals surface area contributed by atoms with Gasteiger partial charge in [0.05, 0.1) is 13.2 Å². The highest BCUT2D eigenvalue weighted by atomic mass is 32.1. The summed E-state index contributed by atoms with van der Waals surface area (Å²) in [5, 5.41) is 8.37. The Balaban J connectivity index is 1.26. The van der Waals surface area contributed by atoms with Crippen molar-refractivity contribution in [3.63, 3.8) is 0 Å². The summed E-state index contributed by atoms with van der Waals surface area (Å²) in [6, 6.07) is 10.6. The molecule has 0 aliphatic carbocycles. The number of benzene rings is 1. The molecule has 27 heavy (non-hydrogen) atoms. The van der Waals surface area contributed by atoms with Crippen LogP contribution in [-0.2, 0) is 11.3 Å². The molecule has 0 aromatic heterocycles. The van der Waals surface area contributed by atoms with Crippen molar-refractivity contribution in [1.82, 2.24) is 20.5 Å². The lowest BCUT2D eigenvalue weighted by atomic mass is 10.1. The van der Waals surface area contributed by atoms with E-state index in [0.717, 1.165) is 78.3 Å². The number of hydrazone groups is 1. The Morgan fingerprint density at radius 2 is 1.78 bits per heavy atom. The quantitative estimate of drug-likeness (QED) is 0.422. The van der Waals surface area contributed by atoms with Crippen LogP contribution < -0.4 is 10.7 Å². The minimum Gasteiger partial charge on any atom is -0.379 e. The number of hydrogen-bond acceptors (Lipinski definition) is 5. The summed E-state index contributed by atoms with van der Waals surface area (Å²) in [4.78, 5) is 4.92. The van der Waals surface area contributed by atoms with E-state index >= 15 is 0 Å². The number of thiocarbonyl (C=S) groups is 1. The number of nitrogens with zero attached hydrogens (tertiary/aromatic N) is 3. The van der Waals surface area contributed by atoms with E-state index in [2.05, 4.69) is 56.0 Å². The molecule has 3 rings (SSSR count). The number of nitrogens with one attached hydrogen (secondary N) is 2. The van der Waals surface area contributed by atoms with Gasteiger partial charge in [-0.15, -0.1) is 0 Å². The second kappa shape index (κ2) is 11.3. The van der Waals surface area contributed by atoms with Gasteiger partial charge in [0.1, 0.15) is 0 Å². The molecule has 2 aliphatic heterocycles. The molecule has 2 heterocycles. The van der Waals surface area contributed by atoms with E-state index in [0.29, 0.717) is 5.11 Å². The standard InChI is InChI=1S/C20H31N5OS/c27-20(21-9-4-10-24-13-15-26-16-14-24)23-22-19-7-11-25(12-8-19)17-18-5-2-1-3-6-18/h1-3,5-6H,4,7-17H2,(H2,21,23,27). The zero-order valence-electron chi connectivity index (χ0n) is 16.0. The van der Waals surface area contributed by atoms with Crippen molar-refractivity contribution in [2.24, 2.45) is 5.10 Å². The zero-order valence-corrected chi connectivity index (χ0v) is 16.8. The van der Waals surface area contributed by atoms with Gasteiger partial charge in [0.25, 0.3) is 0 Å². The highest BCUT2D eigenvalue weighted by Gasteiger charge is 2.15. The van der Waals surface area contributed by atoms with Crippen LogP contribution in [0.1, 0.15) is 24.8 Å². The van der Waals surface area contributed by atoms with Gasteiger partial charge >= 0.3 is 0 Å². The number of piperidine rings is 1. The molecule has 7 heteroatoms. The molecule has 0 amide bonds. The Morgan fingerprint density at radius 3 is 2.52 bits per heavy atom. The predicted molar refractivity (Wildman–Crippen MR) is 114 cm³/mol. The van der Waals surface area contributed by atoms with Gasteiger partial charge in [-0.2, -0.15) is 5.10 Å². The average Bonchev–Trinajstić information content (AvgIpc) is 2.72. The molecular weight excluding hydrogens is 358 g/mol. The van der Waals surface area contributed by atoms with Crippen molar-refractivity contribution in [2.75, 3.05) is 52.5 Å². The van der Waals surface area contributed by atoms with Crippen LogP contribution in [0.25, 0.3) is 0 Å². The van der Waals surface area contributed by atoms with Crippen molar-refractivity contribution in [3.8, 4) is 0 Å². The summed E-state index contributed by atoms with van der Waals surface area (Å²) in [6.45, 7) is 8.87. The topological polar surface area (TPSA) is 52.1 Å². The first-order valence-electron chi connectivity index (χ1n) is 9.95. The molecule has 2 saturated heterocycles. The fourth-order valence-electron chi connectivity index (χ4n) is 3.42. The summed E-state index contributed by atoms with van der Waals surface area (Å²) in [5.74, 6) is 0. The van der Waals surface area contributed by atoms with Gasteiger partial charge < -0.3 is 10.1 Å². The third kappa shape index (κ3) is 7.54. The Hall–Kier alpha value is -1.54. The largest absolute Gasteiger partial charge is 0.379 e. The van der Waals surface area contributed by atoms with Gasteiger partial charge in [0, 0.05) is 57.8 Å². The molecule has 0 unspecified atom stereocenters. The van der Waals surface area contributed by atoms with Crippen molar-refractivity contribution in [3.05, 3.63) is 35.9 Å². The molecule has 0 atom stereocenters. The molecule has 0 radical (unpaired) electrons. The average molecular weight is 390 g/mol. The Kier molecular flexibility index (Phi) is 8.48. The van der Waals surface area contributed by atoms with Crippen molar-refractivity contribution in [1.29, 1.82) is 0 Å². The van der Waals surface area contributed by atoms with Crippen LogP contribution >= 0.6 is 12.2 Å². The number of likely N-dealkylation sites (tertiary alicyclic amines) is 1. The first-order chi connectivity index (χ1) is 13.3. The third-order valence-corrected chi connectivity index (χ3v) is 5.27. The van der Waals surface area contributed by atoms with E-state index in [9.17, 15) is 0 Å². The van der Waals surface area contributed by atoms with Crippen LogP contribution in [0.5, 0.6) is 0 Å². The van der Waals surface area contributed by atoms with Gasteiger partial charge in [0.2, 0.25) is 0 Å². The molecule has 148 valence electrons. The molecular formula is C20H31N5OS. The second-order valence-electron chi connectivity index (χ2n) is 7.12. The lowest BCUT2D eigenvalue weighted by Crippen LogP contribution is -2.39. The van der Waals surface area contributed by atoms with Gasteiger partial charge in [-0.3, -0.25) is 15.2 Å². The maximum Gasteiger partial charge on any atom is 0.186 e. The highest BCUT2D eigenvalue weighted by molar-refractivity contribution is 7.80. The van der Waals surface area contributed by atoms with Crippen LogP contribution in [0.2, 0.25) is 0 Å². The van der Waals surface area contributed by atoms with E-state index in [1.807, 2.05) is 0 Å². The van der Waals surface area contributed by atoms with Gasteiger partial charge in [-0.25, -0.2) is 0 Å². The smallest absolute Gasteiger partial charge is 0.186 e. The molecule has 2 aliphatic rings. The van der Waals surface area contributed by atoms with Crippen LogP contribution in [0.4, 0.5) is 0 Å². The van der Waals surface area contributed by atoms with Crippen LogP contribution in [-0.4, -0.2) is 73.1 Å². The predicted octanol–water partition coefficient (Wildman–Crippen LogP) is 1.82. The van der Waals surface area contributed by atoms with Gasteiger partial charge in [0.15, 0.2) is 5.11 Å². The Labute approximate surface area is 167 Å². The minimum atomic E-state index is 0.621. The van der Waals surface area contributed by atoms with Crippen molar-refractivity contribution >= 4 is 23.0 Å². The van der Waals surface area contributed by atoms with E-state index in [4.69, 9.17) is 17.0 Å². The minimum absolute atomic E-state index is 0.621. The van der Waals surface area contributed by atoms with E-state index in [1.165, 1.54) is 11.3 Å². The molecule has 6 nitrogen and oxygen atoms in total.